The smallest absolute Gasteiger partial charge is 0.0358 e. The van der Waals surface area contributed by atoms with E-state index in [4.69, 9.17) is 0 Å². The van der Waals surface area contributed by atoms with Crippen LogP contribution in [0.5, 0.6) is 0 Å². The van der Waals surface area contributed by atoms with Crippen molar-refractivity contribution in [2.45, 2.75) is 96.6 Å². The maximum absolute atomic E-state index is 3.84. The average Bonchev–Trinajstić information content (AvgIpc) is 2.45. The van der Waals surface area contributed by atoms with Crippen molar-refractivity contribution in [1.82, 2.24) is 10.2 Å². The molecule has 1 aliphatic carbocycles. The Hall–Kier alpha value is -0.0800. The summed E-state index contributed by atoms with van der Waals surface area (Å²) in [5, 5.41) is 3.84. The summed E-state index contributed by atoms with van der Waals surface area (Å²) in [5.74, 6) is 0.877. The molecule has 2 heteroatoms. The highest BCUT2D eigenvalue weighted by Gasteiger charge is 2.42. The highest BCUT2D eigenvalue weighted by Crippen LogP contribution is 2.39. The summed E-state index contributed by atoms with van der Waals surface area (Å²) in [5.41, 5.74) is 0.387. The molecule has 1 fully saturated rings. The summed E-state index contributed by atoms with van der Waals surface area (Å²) < 4.78 is 0. The molecule has 1 saturated carbocycles. The molecule has 0 aromatic carbocycles. The highest BCUT2D eigenvalue weighted by atomic mass is 15.2. The van der Waals surface area contributed by atoms with E-state index in [-0.39, 0.29) is 0 Å². The maximum atomic E-state index is 3.84. The van der Waals surface area contributed by atoms with Crippen LogP contribution in [0.3, 0.4) is 0 Å². The van der Waals surface area contributed by atoms with Gasteiger partial charge in [-0.3, -0.25) is 0 Å². The quantitative estimate of drug-likeness (QED) is 0.581. The van der Waals surface area contributed by atoms with Crippen molar-refractivity contribution in [1.29, 1.82) is 0 Å². The fraction of sp³-hybridized carbons (Fsp3) is 1.00. The lowest BCUT2D eigenvalue weighted by atomic mass is 9.70. The maximum Gasteiger partial charge on any atom is 0.0358 e. The number of likely N-dealkylation sites (N-methyl/N-ethyl adjacent to an activating group) is 2. The minimum Gasteiger partial charge on any atom is -0.312 e. The Morgan fingerprint density at radius 2 is 1.86 bits per heavy atom. The van der Waals surface area contributed by atoms with E-state index in [1.54, 1.807) is 0 Å². The molecule has 0 amide bonds. The summed E-state index contributed by atoms with van der Waals surface area (Å²) >= 11 is 0. The third-order valence-electron chi connectivity index (χ3n) is 5.59. The lowest BCUT2D eigenvalue weighted by Crippen LogP contribution is -2.60. The molecule has 0 heterocycles. The molecule has 3 atom stereocenters. The van der Waals surface area contributed by atoms with Gasteiger partial charge in [-0.25, -0.2) is 0 Å². The molecule has 0 aromatic heterocycles. The van der Waals surface area contributed by atoms with Crippen LogP contribution in [0.25, 0.3) is 0 Å². The molecule has 0 aromatic rings. The second-order valence-corrected chi connectivity index (χ2v) is 7.51. The van der Waals surface area contributed by atoms with Gasteiger partial charge in [-0.15, -0.1) is 0 Å². The predicted octanol–water partition coefficient (Wildman–Crippen LogP) is 4.84. The van der Waals surface area contributed by atoms with Crippen LogP contribution in [0.4, 0.5) is 0 Å². The molecule has 1 N–H and O–H groups in total. The molecule has 3 unspecified atom stereocenters. The van der Waals surface area contributed by atoms with E-state index < -0.39 is 0 Å². The number of rotatable bonds is 10. The fourth-order valence-corrected chi connectivity index (χ4v) is 4.36. The second kappa shape index (κ2) is 9.84. The van der Waals surface area contributed by atoms with Gasteiger partial charge in [0.15, 0.2) is 0 Å². The SMILES string of the molecule is CCCCCCCC(NCC)C1(N(C)C)CCCC(C)C1. The fourth-order valence-electron chi connectivity index (χ4n) is 4.36. The monoisotopic (exact) mass is 296 g/mol. The van der Waals surface area contributed by atoms with Crippen molar-refractivity contribution in [3.63, 3.8) is 0 Å². The van der Waals surface area contributed by atoms with Crippen LogP contribution in [0.2, 0.25) is 0 Å². The lowest BCUT2D eigenvalue weighted by Gasteiger charge is -2.50. The molecule has 21 heavy (non-hydrogen) atoms. The lowest BCUT2D eigenvalue weighted by molar-refractivity contribution is 0.0339. The minimum absolute atomic E-state index is 0.387. The van der Waals surface area contributed by atoms with Gasteiger partial charge in [0, 0.05) is 11.6 Å². The first-order chi connectivity index (χ1) is 10.1. The number of hydrogen-bond acceptors (Lipinski definition) is 2. The van der Waals surface area contributed by atoms with Gasteiger partial charge in [0.2, 0.25) is 0 Å². The second-order valence-electron chi connectivity index (χ2n) is 7.51. The summed E-state index contributed by atoms with van der Waals surface area (Å²) in [7, 11) is 4.61. The third-order valence-corrected chi connectivity index (χ3v) is 5.59. The van der Waals surface area contributed by atoms with Crippen molar-refractivity contribution >= 4 is 0 Å². The highest BCUT2D eigenvalue weighted by molar-refractivity contribution is 5.01. The molecular formula is C19H40N2. The summed E-state index contributed by atoms with van der Waals surface area (Å²) in [4.78, 5) is 2.54. The molecule has 1 rings (SSSR count). The summed E-state index contributed by atoms with van der Waals surface area (Å²) in [6.45, 7) is 8.11. The molecule has 0 aliphatic heterocycles. The van der Waals surface area contributed by atoms with Gasteiger partial charge in [0.25, 0.3) is 0 Å². The van der Waals surface area contributed by atoms with Crippen molar-refractivity contribution in [2.75, 3.05) is 20.6 Å². The predicted molar refractivity (Wildman–Crippen MR) is 94.9 cm³/mol. The van der Waals surface area contributed by atoms with Crippen LogP contribution >= 0.6 is 0 Å². The first-order valence-electron chi connectivity index (χ1n) is 9.47. The number of unbranched alkanes of at least 4 members (excludes halogenated alkanes) is 4. The molecule has 2 nitrogen and oxygen atoms in total. The Bertz CT molecular complexity index is 264. The molecule has 126 valence electrons. The van der Waals surface area contributed by atoms with E-state index >= 15 is 0 Å². The topological polar surface area (TPSA) is 15.3 Å². The van der Waals surface area contributed by atoms with Crippen molar-refractivity contribution < 1.29 is 0 Å². The van der Waals surface area contributed by atoms with Crippen LogP contribution in [-0.4, -0.2) is 37.1 Å². The van der Waals surface area contributed by atoms with Gasteiger partial charge >= 0.3 is 0 Å². The van der Waals surface area contributed by atoms with Crippen LogP contribution in [0.1, 0.15) is 85.0 Å². The number of nitrogens with one attached hydrogen (secondary N) is 1. The summed E-state index contributed by atoms with van der Waals surface area (Å²) in [6.07, 6.45) is 13.9. The molecule has 0 spiro atoms. The van der Waals surface area contributed by atoms with Crippen LogP contribution in [-0.2, 0) is 0 Å². The van der Waals surface area contributed by atoms with Gasteiger partial charge in [-0.05, 0) is 45.8 Å². The van der Waals surface area contributed by atoms with E-state index in [2.05, 4.69) is 45.1 Å². The molecule has 1 aliphatic rings. The van der Waals surface area contributed by atoms with Crippen molar-refractivity contribution in [3.8, 4) is 0 Å². The summed E-state index contributed by atoms with van der Waals surface area (Å²) in [6, 6.07) is 0.668. The average molecular weight is 297 g/mol. The van der Waals surface area contributed by atoms with Crippen LogP contribution in [0, 0.1) is 5.92 Å². The number of hydrogen-bond donors (Lipinski definition) is 1. The number of nitrogens with zero attached hydrogens (tertiary/aromatic N) is 1. The Balaban J connectivity index is 2.64. The standard InChI is InChI=1S/C19H40N2/c1-6-8-9-10-11-14-18(20-7-2)19(21(4)5)15-12-13-17(3)16-19/h17-18,20H,6-16H2,1-5H3. The third kappa shape index (κ3) is 5.56. The van der Waals surface area contributed by atoms with Gasteiger partial charge in [0.1, 0.15) is 0 Å². The van der Waals surface area contributed by atoms with E-state index in [1.807, 2.05) is 0 Å². The van der Waals surface area contributed by atoms with Crippen LogP contribution < -0.4 is 5.32 Å². The molecule has 0 radical (unpaired) electrons. The largest absolute Gasteiger partial charge is 0.312 e. The Labute approximate surface area is 134 Å². The minimum atomic E-state index is 0.387. The van der Waals surface area contributed by atoms with Crippen molar-refractivity contribution in [3.05, 3.63) is 0 Å². The Kier molecular flexibility index (Phi) is 8.89. The van der Waals surface area contributed by atoms with Crippen LogP contribution in [0.15, 0.2) is 0 Å². The molecule has 0 saturated heterocycles. The first kappa shape index (κ1) is 19.0. The van der Waals surface area contributed by atoms with Crippen molar-refractivity contribution in [2.24, 2.45) is 5.92 Å². The van der Waals surface area contributed by atoms with Gasteiger partial charge in [-0.1, -0.05) is 65.7 Å². The zero-order valence-corrected chi connectivity index (χ0v) is 15.4. The molecule has 0 bridgehead atoms. The van der Waals surface area contributed by atoms with E-state index in [0.29, 0.717) is 11.6 Å². The van der Waals surface area contributed by atoms with Gasteiger partial charge in [-0.2, -0.15) is 0 Å². The van der Waals surface area contributed by atoms with E-state index in [9.17, 15) is 0 Å². The molecular weight excluding hydrogens is 256 g/mol. The zero-order chi connectivity index (χ0) is 15.7. The van der Waals surface area contributed by atoms with E-state index in [0.717, 1.165) is 12.5 Å². The van der Waals surface area contributed by atoms with Gasteiger partial charge < -0.3 is 10.2 Å². The normalized spacial score (nSPS) is 28.0. The first-order valence-corrected chi connectivity index (χ1v) is 9.47. The van der Waals surface area contributed by atoms with E-state index in [1.165, 1.54) is 64.2 Å². The zero-order valence-electron chi connectivity index (χ0n) is 15.4. The Morgan fingerprint density at radius 1 is 1.14 bits per heavy atom. The van der Waals surface area contributed by atoms with Gasteiger partial charge in [0.05, 0.1) is 0 Å². The Morgan fingerprint density at radius 3 is 2.43 bits per heavy atom.